The van der Waals surface area contributed by atoms with Crippen LogP contribution in [0.15, 0.2) is 67.3 Å². The molecule has 0 N–H and O–H groups in total. The van der Waals surface area contributed by atoms with Gasteiger partial charge in [0.1, 0.15) is 0 Å². The molecule has 14 heavy (non-hydrogen) atoms. The van der Waals surface area contributed by atoms with Crippen LogP contribution in [0.5, 0.6) is 0 Å². The maximum Gasteiger partial charge on any atom is 0.00809 e. The van der Waals surface area contributed by atoms with Crippen molar-refractivity contribution in [2.75, 3.05) is 0 Å². The monoisotopic (exact) mass is 183 g/mol. The molecule has 1 aromatic carbocycles. The molecule has 0 aliphatic rings. The minimum Gasteiger partial charge on any atom is -0.102 e. The fraction of sp³-hybridized carbons (Fsp3) is 0.0714. The molecule has 0 nitrogen and oxygen atoms in total. The predicted octanol–water partition coefficient (Wildman–Crippen LogP) is 3.73. The highest BCUT2D eigenvalue weighted by Crippen LogP contribution is 2.10. The maximum atomic E-state index is 3.69. The number of hydrogen-bond donors (Lipinski definition) is 0. The molecule has 1 aromatic rings. The molecule has 0 saturated carbocycles. The van der Waals surface area contributed by atoms with Gasteiger partial charge in [0.05, 0.1) is 0 Å². The molecule has 0 amide bonds. The van der Waals surface area contributed by atoms with E-state index in [1.807, 2.05) is 18.6 Å². The second-order valence-corrected chi connectivity index (χ2v) is 3.04. The lowest BCUT2D eigenvalue weighted by molar-refractivity contribution is 1.17. The van der Waals surface area contributed by atoms with Crippen molar-refractivity contribution in [3.63, 3.8) is 0 Å². The predicted molar refractivity (Wildman–Crippen MR) is 62.9 cm³/mol. The normalized spacial score (nSPS) is 11.0. The van der Waals surface area contributed by atoms with E-state index in [1.54, 1.807) is 12.2 Å². The van der Waals surface area contributed by atoms with Crippen LogP contribution in [0, 0.1) is 6.42 Å². The van der Waals surface area contributed by atoms with E-state index in [0.29, 0.717) is 0 Å². The Bertz CT molecular complexity index is 317. The summed E-state index contributed by atoms with van der Waals surface area (Å²) in [6.45, 7) is 7.39. The van der Waals surface area contributed by atoms with E-state index in [-0.39, 0.29) is 0 Å². The average Bonchev–Trinajstić information content (AvgIpc) is 2.20. The Morgan fingerprint density at radius 3 is 2.36 bits per heavy atom. The topological polar surface area (TPSA) is 0 Å². The summed E-state index contributed by atoms with van der Waals surface area (Å²) < 4.78 is 0. The SMILES string of the molecule is C=C[CH]/C(=C\C=C)Cc1ccccc1. The molecule has 0 saturated heterocycles. The van der Waals surface area contributed by atoms with Crippen molar-refractivity contribution < 1.29 is 0 Å². The first-order valence-corrected chi connectivity index (χ1v) is 4.68. The lowest BCUT2D eigenvalue weighted by atomic mass is 10.0. The molecule has 0 atom stereocenters. The third-order valence-electron chi connectivity index (χ3n) is 1.91. The van der Waals surface area contributed by atoms with E-state index >= 15 is 0 Å². The van der Waals surface area contributed by atoms with Crippen molar-refractivity contribution in [2.45, 2.75) is 6.42 Å². The molecule has 0 bridgehead atoms. The van der Waals surface area contributed by atoms with E-state index in [2.05, 4.69) is 37.4 Å². The number of hydrogen-bond acceptors (Lipinski definition) is 0. The Labute approximate surface area is 86.3 Å². The number of allylic oxidation sites excluding steroid dienone is 4. The first-order chi connectivity index (χ1) is 6.86. The van der Waals surface area contributed by atoms with Crippen molar-refractivity contribution in [2.24, 2.45) is 0 Å². The van der Waals surface area contributed by atoms with Crippen LogP contribution in [0.25, 0.3) is 0 Å². The third kappa shape index (κ3) is 3.44. The second-order valence-electron chi connectivity index (χ2n) is 3.04. The van der Waals surface area contributed by atoms with E-state index in [0.717, 1.165) is 6.42 Å². The van der Waals surface area contributed by atoms with Crippen molar-refractivity contribution >= 4 is 0 Å². The summed E-state index contributed by atoms with van der Waals surface area (Å²) in [6.07, 6.45) is 8.55. The third-order valence-corrected chi connectivity index (χ3v) is 1.91. The highest BCUT2D eigenvalue weighted by Gasteiger charge is 1.96. The van der Waals surface area contributed by atoms with Gasteiger partial charge >= 0.3 is 0 Å². The van der Waals surface area contributed by atoms with Gasteiger partial charge in [0.2, 0.25) is 0 Å². The van der Waals surface area contributed by atoms with Gasteiger partial charge in [-0.05, 0) is 12.0 Å². The summed E-state index contributed by atoms with van der Waals surface area (Å²) in [5, 5.41) is 0. The quantitative estimate of drug-likeness (QED) is 0.610. The van der Waals surface area contributed by atoms with Gasteiger partial charge in [0.15, 0.2) is 0 Å². The fourth-order valence-corrected chi connectivity index (χ4v) is 1.31. The van der Waals surface area contributed by atoms with Gasteiger partial charge in [-0.25, -0.2) is 0 Å². The molecular weight excluding hydrogens is 168 g/mol. The van der Waals surface area contributed by atoms with Crippen LogP contribution in [-0.4, -0.2) is 0 Å². The van der Waals surface area contributed by atoms with Crippen LogP contribution in [0.1, 0.15) is 5.56 Å². The van der Waals surface area contributed by atoms with Gasteiger partial charge in [-0.3, -0.25) is 0 Å². The zero-order valence-electron chi connectivity index (χ0n) is 8.32. The maximum absolute atomic E-state index is 3.69. The van der Waals surface area contributed by atoms with Crippen molar-refractivity contribution in [3.8, 4) is 0 Å². The van der Waals surface area contributed by atoms with E-state index in [4.69, 9.17) is 0 Å². The second kappa shape index (κ2) is 5.98. The largest absolute Gasteiger partial charge is 0.102 e. The minimum absolute atomic E-state index is 0.929. The molecule has 0 spiro atoms. The molecule has 0 heteroatoms. The first kappa shape index (κ1) is 10.5. The van der Waals surface area contributed by atoms with Gasteiger partial charge in [-0.2, -0.15) is 0 Å². The zero-order valence-corrected chi connectivity index (χ0v) is 8.32. The Balaban J connectivity index is 2.69. The van der Waals surface area contributed by atoms with Crippen molar-refractivity contribution in [3.05, 3.63) is 79.3 Å². The molecule has 0 aliphatic carbocycles. The molecule has 71 valence electrons. The van der Waals surface area contributed by atoms with Crippen LogP contribution < -0.4 is 0 Å². The Kier molecular flexibility index (Phi) is 4.49. The smallest absolute Gasteiger partial charge is 0.00809 e. The highest BCUT2D eigenvalue weighted by atomic mass is 14.0. The Hall–Kier alpha value is -1.56. The van der Waals surface area contributed by atoms with Gasteiger partial charge in [-0.15, -0.1) is 6.58 Å². The van der Waals surface area contributed by atoms with E-state index in [9.17, 15) is 0 Å². The van der Waals surface area contributed by atoms with E-state index in [1.165, 1.54) is 11.1 Å². The van der Waals surface area contributed by atoms with Crippen LogP contribution in [0.2, 0.25) is 0 Å². The van der Waals surface area contributed by atoms with Crippen LogP contribution in [0.3, 0.4) is 0 Å². The molecule has 0 heterocycles. The molecule has 0 aliphatic heterocycles. The molecular formula is C14H15. The van der Waals surface area contributed by atoms with Crippen LogP contribution in [0.4, 0.5) is 0 Å². The van der Waals surface area contributed by atoms with Gasteiger partial charge < -0.3 is 0 Å². The standard InChI is InChI=1S/C14H15/c1-3-8-13(9-4-2)12-14-10-6-5-7-11-14/h3-11H,1-2,12H2/b13-8+. The zero-order chi connectivity index (χ0) is 10.2. The summed E-state index contributed by atoms with van der Waals surface area (Å²) >= 11 is 0. The molecule has 0 unspecified atom stereocenters. The summed E-state index contributed by atoms with van der Waals surface area (Å²) in [5.74, 6) is 0. The number of benzene rings is 1. The van der Waals surface area contributed by atoms with Gasteiger partial charge in [0.25, 0.3) is 0 Å². The molecule has 1 radical (unpaired) electrons. The van der Waals surface area contributed by atoms with Crippen molar-refractivity contribution in [1.82, 2.24) is 0 Å². The average molecular weight is 183 g/mol. The lowest BCUT2D eigenvalue weighted by Gasteiger charge is -2.03. The number of rotatable bonds is 5. The fourth-order valence-electron chi connectivity index (χ4n) is 1.31. The summed E-state index contributed by atoms with van der Waals surface area (Å²) in [5.41, 5.74) is 2.53. The summed E-state index contributed by atoms with van der Waals surface area (Å²) in [6, 6.07) is 10.4. The molecule has 1 rings (SSSR count). The first-order valence-electron chi connectivity index (χ1n) is 4.68. The van der Waals surface area contributed by atoms with Crippen molar-refractivity contribution in [1.29, 1.82) is 0 Å². The lowest BCUT2D eigenvalue weighted by Crippen LogP contribution is -1.89. The highest BCUT2D eigenvalue weighted by molar-refractivity contribution is 5.30. The minimum atomic E-state index is 0.929. The van der Waals surface area contributed by atoms with Gasteiger partial charge in [-0.1, -0.05) is 60.7 Å². The van der Waals surface area contributed by atoms with Crippen LogP contribution >= 0.6 is 0 Å². The van der Waals surface area contributed by atoms with Crippen LogP contribution in [-0.2, 0) is 6.42 Å². The summed E-state index contributed by atoms with van der Waals surface area (Å²) in [4.78, 5) is 0. The van der Waals surface area contributed by atoms with E-state index < -0.39 is 0 Å². The Morgan fingerprint density at radius 2 is 1.79 bits per heavy atom. The molecule has 0 fully saturated rings. The molecule has 0 aromatic heterocycles. The summed E-state index contributed by atoms with van der Waals surface area (Å²) in [7, 11) is 0. The van der Waals surface area contributed by atoms with Gasteiger partial charge in [0, 0.05) is 6.42 Å². The Morgan fingerprint density at radius 1 is 1.07 bits per heavy atom.